The van der Waals surface area contributed by atoms with Crippen molar-refractivity contribution < 1.29 is 9.59 Å². The maximum absolute atomic E-state index is 11.5. The number of amides is 3. The van der Waals surface area contributed by atoms with Crippen LogP contribution in [0.5, 0.6) is 0 Å². The minimum absolute atomic E-state index is 0. The first-order chi connectivity index (χ1) is 11.0. The molecular formula is C16H30IN5O2. The Kier molecular flexibility index (Phi) is 8.79. The van der Waals surface area contributed by atoms with E-state index in [0.29, 0.717) is 19.1 Å². The Morgan fingerprint density at radius 2 is 1.92 bits per heavy atom. The van der Waals surface area contributed by atoms with E-state index >= 15 is 0 Å². The van der Waals surface area contributed by atoms with Crippen molar-refractivity contribution in [1.82, 2.24) is 20.9 Å². The highest BCUT2D eigenvalue weighted by Gasteiger charge is 2.28. The van der Waals surface area contributed by atoms with E-state index in [9.17, 15) is 9.59 Å². The minimum atomic E-state index is -0.321. The molecule has 138 valence electrons. The van der Waals surface area contributed by atoms with Crippen LogP contribution in [0.3, 0.4) is 0 Å². The highest BCUT2D eigenvalue weighted by molar-refractivity contribution is 14.0. The summed E-state index contributed by atoms with van der Waals surface area (Å²) in [5.41, 5.74) is 0. The zero-order valence-corrected chi connectivity index (χ0v) is 17.1. The number of urea groups is 1. The molecule has 2 rings (SSSR count). The molecule has 1 aliphatic heterocycles. The lowest BCUT2D eigenvalue weighted by molar-refractivity contribution is -0.124. The van der Waals surface area contributed by atoms with Gasteiger partial charge in [0.05, 0.1) is 19.6 Å². The second-order valence-electron chi connectivity index (χ2n) is 6.72. The SMILES string of the molecule is CCNC(=NCCN1C(=O)CNC1=O)NC1CC(C)CC(C)C1.I. The van der Waals surface area contributed by atoms with Crippen LogP contribution in [0.1, 0.15) is 40.0 Å². The number of imide groups is 1. The Morgan fingerprint density at radius 1 is 1.25 bits per heavy atom. The molecule has 2 unspecified atom stereocenters. The molecule has 8 heteroatoms. The number of aliphatic imine (C=N–C) groups is 1. The molecule has 0 aromatic carbocycles. The third-order valence-corrected chi connectivity index (χ3v) is 4.39. The van der Waals surface area contributed by atoms with Crippen molar-refractivity contribution in [2.24, 2.45) is 16.8 Å². The van der Waals surface area contributed by atoms with E-state index in [2.05, 4.69) is 34.8 Å². The molecule has 2 aliphatic rings. The minimum Gasteiger partial charge on any atom is -0.357 e. The Morgan fingerprint density at radius 3 is 2.46 bits per heavy atom. The van der Waals surface area contributed by atoms with Gasteiger partial charge in [-0.05, 0) is 38.0 Å². The number of hydrogen-bond donors (Lipinski definition) is 3. The fraction of sp³-hybridized carbons (Fsp3) is 0.812. The summed E-state index contributed by atoms with van der Waals surface area (Å²) in [6, 6.07) is 0.112. The van der Waals surface area contributed by atoms with Gasteiger partial charge >= 0.3 is 6.03 Å². The molecule has 0 aromatic rings. The van der Waals surface area contributed by atoms with Crippen LogP contribution in [-0.2, 0) is 4.79 Å². The van der Waals surface area contributed by atoms with Crippen molar-refractivity contribution in [2.75, 3.05) is 26.2 Å². The van der Waals surface area contributed by atoms with E-state index in [1.54, 1.807) is 0 Å². The van der Waals surface area contributed by atoms with Crippen molar-refractivity contribution >= 4 is 41.9 Å². The zero-order chi connectivity index (χ0) is 16.8. The summed E-state index contributed by atoms with van der Waals surface area (Å²) in [7, 11) is 0. The van der Waals surface area contributed by atoms with Crippen LogP contribution in [0.4, 0.5) is 4.79 Å². The number of hydrogen-bond acceptors (Lipinski definition) is 3. The van der Waals surface area contributed by atoms with Crippen molar-refractivity contribution in [1.29, 1.82) is 0 Å². The van der Waals surface area contributed by atoms with E-state index in [4.69, 9.17) is 0 Å². The smallest absolute Gasteiger partial charge is 0.324 e. The van der Waals surface area contributed by atoms with Crippen molar-refractivity contribution in [3.05, 3.63) is 0 Å². The summed E-state index contributed by atoms with van der Waals surface area (Å²) >= 11 is 0. The average Bonchev–Trinajstić information content (AvgIpc) is 2.78. The zero-order valence-electron chi connectivity index (χ0n) is 14.8. The van der Waals surface area contributed by atoms with E-state index < -0.39 is 0 Å². The lowest BCUT2D eigenvalue weighted by Crippen LogP contribution is -2.46. The van der Waals surface area contributed by atoms with Gasteiger partial charge in [-0.2, -0.15) is 0 Å². The normalized spacial score (nSPS) is 27.5. The predicted molar refractivity (Wildman–Crippen MR) is 106 cm³/mol. The summed E-state index contributed by atoms with van der Waals surface area (Å²) in [6.07, 6.45) is 3.60. The lowest BCUT2D eigenvalue weighted by Gasteiger charge is -2.32. The van der Waals surface area contributed by atoms with Gasteiger partial charge in [0.15, 0.2) is 5.96 Å². The van der Waals surface area contributed by atoms with Crippen LogP contribution < -0.4 is 16.0 Å². The molecule has 1 heterocycles. The molecule has 0 radical (unpaired) electrons. The Labute approximate surface area is 161 Å². The summed E-state index contributed by atoms with van der Waals surface area (Å²) in [6.45, 7) is 8.23. The molecule has 3 amide bonds. The molecule has 2 atom stereocenters. The number of guanidine groups is 1. The van der Waals surface area contributed by atoms with Gasteiger partial charge in [0.2, 0.25) is 5.91 Å². The summed E-state index contributed by atoms with van der Waals surface area (Å²) < 4.78 is 0. The van der Waals surface area contributed by atoms with Crippen LogP contribution in [0.2, 0.25) is 0 Å². The largest absolute Gasteiger partial charge is 0.357 e. The lowest BCUT2D eigenvalue weighted by atomic mass is 9.80. The first-order valence-corrected chi connectivity index (χ1v) is 8.62. The van der Waals surface area contributed by atoms with Crippen molar-refractivity contribution in [3.63, 3.8) is 0 Å². The molecule has 7 nitrogen and oxygen atoms in total. The summed E-state index contributed by atoms with van der Waals surface area (Å²) in [4.78, 5) is 28.8. The molecule has 1 aliphatic carbocycles. The van der Waals surface area contributed by atoms with Gasteiger partial charge in [0.1, 0.15) is 0 Å². The van der Waals surface area contributed by atoms with E-state index in [-0.39, 0.29) is 42.5 Å². The molecule has 2 fully saturated rings. The molecule has 24 heavy (non-hydrogen) atoms. The van der Waals surface area contributed by atoms with Gasteiger partial charge in [-0.15, -0.1) is 24.0 Å². The average molecular weight is 451 g/mol. The number of halogens is 1. The van der Waals surface area contributed by atoms with Crippen molar-refractivity contribution in [2.45, 2.75) is 46.1 Å². The topological polar surface area (TPSA) is 85.8 Å². The highest BCUT2D eigenvalue weighted by Crippen LogP contribution is 2.28. The molecule has 1 saturated carbocycles. The molecule has 3 N–H and O–H groups in total. The first kappa shape index (κ1) is 21.0. The highest BCUT2D eigenvalue weighted by atomic mass is 127. The number of nitrogens with one attached hydrogen (secondary N) is 3. The predicted octanol–water partition coefficient (Wildman–Crippen LogP) is 1.54. The summed E-state index contributed by atoms with van der Waals surface area (Å²) in [5, 5.41) is 9.26. The van der Waals surface area contributed by atoms with Crippen LogP contribution in [0.15, 0.2) is 4.99 Å². The Bertz CT molecular complexity index is 445. The van der Waals surface area contributed by atoms with E-state index in [0.717, 1.165) is 37.2 Å². The van der Waals surface area contributed by atoms with Gasteiger partial charge in [-0.3, -0.25) is 14.7 Å². The monoisotopic (exact) mass is 451 g/mol. The maximum atomic E-state index is 11.5. The number of carbonyl (C=O) groups is 2. The molecule has 0 bridgehead atoms. The van der Waals surface area contributed by atoms with Gasteiger partial charge in [-0.25, -0.2) is 4.79 Å². The van der Waals surface area contributed by atoms with E-state index in [1.807, 2.05) is 6.92 Å². The van der Waals surface area contributed by atoms with Crippen LogP contribution in [0, 0.1) is 11.8 Å². The number of nitrogens with zero attached hydrogens (tertiary/aromatic N) is 2. The van der Waals surface area contributed by atoms with Crippen molar-refractivity contribution in [3.8, 4) is 0 Å². The first-order valence-electron chi connectivity index (χ1n) is 8.62. The Balaban J connectivity index is 0.00000288. The third-order valence-electron chi connectivity index (χ3n) is 4.39. The standard InChI is InChI=1S/C16H29N5O2.HI/c1-4-17-15(20-13-8-11(2)7-12(3)9-13)18-5-6-21-14(22)10-19-16(21)23;/h11-13H,4-10H2,1-3H3,(H,19,23)(H2,17,18,20);1H. The molecule has 0 aromatic heterocycles. The second-order valence-corrected chi connectivity index (χ2v) is 6.72. The van der Waals surface area contributed by atoms with Crippen LogP contribution in [-0.4, -0.2) is 55.0 Å². The molecular weight excluding hydrogens is 421 g/mol. The van der Waals surface area contributed by atoms with E-state index in [1.165, 1.54) is 11.3 Å². The fourth-order valence-electron chi connectivity index (χ4n) is 3.52. The van der Waals surface area contributed by atoms with Crippen LogP contribution >= 0.6 is 24.0 Å². The number of rotatable bonds is 5. The van der Waals surface area contributed by atoms with Gasteiger partial charge in [-0.1, -0.05) is 13.8 Å². The number of carbonyl (C=O) groups excluding carboxylic acids is 2. The fourth-order valence-corrected chi connectivity index (χ4v) is 3.52. The maximum Gasteiger partial charge on any atom is 0.324 e. The molecule has 0 spiro atoms. The van der Waals surface area contributed by atoms with Crippen LogP contribution in [0.25, 0.3) is 0 Å². The molecule has 1 saturated heterocycles. The Hall–Kier alpha value is -1.06. The van der Waals surface area contributed by atoms with Gasteiger partial charge in [0.25, 0.3) is 0 Å². The second kappa shape index (κ2) is 10.0. The quantitative estimate of drug-likeness (QED) is 0.256. The van der Waals surface area contributed by atoms with Gasteiger partial charge in [0, 0.05) is 12.6 Å². The third kappa shape index (κ3) is 6.10. The van der Waals surface area contributed by atoms with Gasteiger partial charge < -0.3 is 16.0 Å². The summed E-state index contributed by atoms with van der Waals surface area (Å²) in [5.74, 6) is 2.04.